The minimum Gasteiger partial charge on any atom is -0.355 e. The highest BCUT2D eigenvalue weighted by Gasteiger charge is 2.56. The predicted octanol–water partition coefficient (Wildman–Crippen LogP) is 1.71. The lowest BCUT2D eigenvalue weighted by Gasteiger charge is -2.20. The minimum absolute atomic E-state index is 0.0947. The number of hydrogen-bond acceptors (Lipinski definition) is 3. The largest absolute Gasteiger partial charge is 0.355 e. The van der Waals surface area contributed by atoms with Crippen LogP contribution in [0.1, 0.15) is 37.8 Å². The number of carbonyl (C=O) groups excluding carboxylic acids is 2. The first-order valence-corrected chi connectivity index (χ1v) is 8.24. The second kappa shape index (κ2) is 7.59. The van der Waals surface area contributed by atoms with Crippen molar-refractivity contribution in [3.63, 3.8) is 0 Å². The molecule has 0 heterocycles. The Morgan fingerprint density at radius 2 is 1.83 bits per heavy atom. The third-order valence-electron chi connectivity index (χ3n) is 4.33. The molecule has 2 N–H and O–H groups in total. The van der Waals surface area contributed by atoms with E-state index in [2.05, 4.69) is 15.5 Å². The molecule has 5 heteroatoms. The van der Waals surface area contributed by atoms with Gasteiger partial charge in [-0.25, -0.2) is 0 Å². The summed E-state index contributed by atoms with van der Waals surface area (Å²) in [4.78, 5) is 26.9. The normalized spacial score (nSPS) is 16.7. The van der Waals surface area contributed by atoms with Gasteiger partial charge >= 0.3 is 0 Å². The Bertz CT molecular complexity index is 538. The van der Waals surface area contributed by atoms with Crippen LogP contribution in [-0.4, -0.2) is 43.9 Å². The average molecular weight is 317 g/mol. The molecule has 0 saturated heterocycles. The van der Waals surface area contributed by atoms with Crippen molar-refractivity contribution in [2.24, 2.45) is 5.41 Å². The van der Waals surface area contributed by atoms with Crippen LogP contribution in [0.2, 0.25) is 0 Å². The molecular weight excluding hydrogens is 290 g/mol. The van der Waals surface area contributed by atoms with Crippen LogP contribution in [0.5, 0.6) is 0 Å². The molecule has 1 aromatic rings. The van der Waals surface area contributed by atoms with Gasteiger partial charge in [0.2, 0.25) is 11.8 Å². The van der Waals surface area contributed by atoms with E-state index in [1.54, 1.807) is 0 Å². The molecule has 23 heavy (non-hydrogen) atoms. The molecule has 0 radical (unpaired) electrons. The highest BCUT2D eigenvalue weighted by atomic mass is 16.2. The molecule has 1 saturated carbocycles. The molecule has 0 spiro atoms. The summed E-state index contributed by atoms with van der Waals surface area (Å²) in [6, 6.07) is 9.70. The lowest BCUT2D eigenvalue weighted by molar-refractivity contribution is -0.137. The van der Waals surface area contributed by atoms with Gasteiger partial charge in [-0.05, 0) is 52.4 Å². The van der Waals surface area contributed by atoms with Crippen molar-refractivity contribution in [1.29, 1.82) is 0 Å². The summed E-state index contributed by atoms with van der Waals surface area (Å²) in [6.45, 7) is 3.48. The van der Waals surface area contributed by atoms with Crippen molar-refractivity contribution in [2.45, 2.75) is 32.2 Å². The summed E-state index contributed by atoms with van der Waals surface area (Å²) in [5.41, 5.74) is 0.198. The topological polar surface area (TPSA) is 61.4 Å². The van der Waals surface area contributed by atoms with Crippen molar-refractivity contribution >= 4 is 11.8 Å². The molecule has 1 unspecified atom stereocenters. The maximum atomic E-state index is 12.5. The van der Waals surface area contributed by atoms with Gasteiger partial charge in [0, 0.05) is 6.54 Å². The molecule has 1 aromatic carbocycles. The van der Waals surface area contributed by atoms with Crippen molar-refractivity contribution < 1.29 is 9.59 Å². The number of nitrogens with zero attached hydrogens (tertiary/aromatic N) is 1. The van der Waals surface area contributed by atoms with Gasteiger partial charge < -0.3 is 15.5 Å². The molecule has 2 amide bonds. The van der Waals surface area contributed by atoms with E-state index in [4.69, 9.17) is 0 Å². The van der Waals surface area contributed by atoms with Crippen LogP contribution in [0, 0.1) is 5.41 Å². The van der Waals surface area contributed by atoms with Crippen molar-refractivity contribution in [1.82, 2.24) is 15.5 Å². The van der Waals surface area contributed by atoms with E-state index < -0.39 is 5.41 Å². The Kier molecular flexibility index (Phi) is 5.77. The predicted molar refractivity (Wildman–Crippen MR) is 90.8 cm³/mol. The van der Waals surface area contributed by atoms with E-state index in [0.717, 1.165) is 18.5 Å². The van der Waals surface area contributed by atoms with E-state index in [1.807, 2.05) is 51.4 Å². The molecule has 2 rings (SSSR count). The number of amides is 2. The average Bonchev–Trinajstić information content (AvgIpc) is 3.34. The summed E-state index contributed by atoms with van der Waals surface area (Å²) in [6.07, 6.45) is 2.16. The van der Waals surface area contributed by atoms with Gasteiger partial charge in [0.1, 0.15) is 5.41 Å². The molecule has 0 aliphatic heterocycles. The molecule has 0 bridgehead atoms. The second-order valence-corrected chi connectivity index (χ2v) is 6.60. The fraction of sp³-hybridized carbons (Fsp3) is 0.556. The van der Waals surface area contributed by atoms with Crippen LogP contribution in [-0.2, 0) is 9.59 Å². The molecule has 1 aliphatic rings. The highest BCUT2D eigenvalue weighted by Crippen LogP contribution is 2.46. The lowest BCUT2D eigenvalue weighted by Crippen LogP contribution is -2.44. The maximum Gasteiger partial charge on any atom is 0.236 e. The summed E-state index contributed by atoms with van der Waals surface area (Å²) in [7, 11) is 4.01. The van der Waals surface area contributed by atoms with E-state index in [9.17, 15) is 9.59 Å². The molecule has 1 aliphatic carbocycles. The fourth-order valence-corrected chi connectivity index (χ4v) is 2.61. The second-order valence-electron chi connectivity index (χ2n) is 6.60. The van der Waals surface area contributed by atoms with Crippen LogP contribution in [0.15, 0.2) is 30.3 Å². The molecule has 5 nitrogen and oxygen atoms in total. The maximum absolute atomic E-state index is 12.5. The molecule has 1 fully saturated rings. The van der Waals surface area contributed by atoms with Crippen molar-refractivity contribution in [3.05, 3.63) is 35.9 Å². The number of hydrogen-bond donors (Lipinski definition) is 2. The first-order valence-electron chi connectivity index (χ1n) is 8.24. The smallest absolute Gasteiger partial charge is 0.236 e. The molecule has 1 atom stereocenters. The van der Waals surface area contributed by atoms with Crippen LogP contribution in [0.25, 0.3) is 0 Å². The van der Waals surface area contributed by atoms with E-state index >= 15 is 0 Å². The van der Waals surface area contributed by atoms with Gasteiger partial charge in [-0.1, -0.05) is 30.3 Å². The third kappa shape index (κ3) is 4.55. The van der Waals surface area contributed by atoms with Gasteiger partial charge in [-0.15, -0.1) is 0 Å². The number of rotatable bonds is 8. The SMILES string of the molecule is CC(NC(=O)C1(C(=O)NCCCN(C)C)CC1)c1ccccc1. The monoisotopic (exact) mass is 317 g/mol. The zero-order valence-corrected chi connectivity index (χ0v) is 14.3. The Labute approximate surface area is 138 Å². The van der Waals surface area contributed by atoms with Gasteiger partial charge in [-0.2, -0.15) is 0 Å². The summed E-state index contributed by atoms with van der Waals surface area (Å²) >= 11 is 0. The Hall–Kier alpha value is -1.88. The Morgan fingerprint density at radius 1 is 1.17 bits per heavy atom. The first kappa shape index (κ1) is 17.5. The van der Waals surface area contributed by atoms with Crippen LogP contribution in [0.4, 0.5) is 0 Å². The zero-order valence-electron chi connectivity index (χ0n) is 14.3. The van der Waals surface area contributed by atoms with Crippen LogP contribution >= 0.6 is 0 Å². The zero-order chi connectivity index (χ0) is 16.9. The summed E-state index contributed by atoms with van der Waals surface area (Å²) in [5, 5.41) is 5.89. The van der Waals surface area contributed by atoms with Gasteiger partial charge in [0.25, 0.3) is 0 Å². The molecular formula is C18H27N3O2. The Balaban J connectivity index is 1.84. The lowest BCUT2D eigenvalue weighted by atomic mass is 10.0. The van der Waals surface area contributed by atoms with E-state index in [0.29, 0.717) is 19.4 Å². The molecule has 126 valence electrons. The van der Waals surface area contributed by atoms with Crippen molar-refractivity contribution in [2.75, 3.05) is 27.2 Å². The standard InChI is InChI=1S/C18H27N3O2/c1-14(15-8-5-4-6-9-15)20-17(23)18(10-11-18)16(22)19-12-7-13-21(2)3/h4-6,8-9,14H,7,10-13H2,1-3H3,(H,19,22)(H,20,23). The van der Waals surface area contributed by atoms with E-state index in [-0.39, 0.29) is 17.9 Å². The quantitative estimate of drug-likeness (QED) is 0.567. The van der Waals surface area contributed by atoms with Crippen LogP contribution < -0.4 is 10.6 Å². The summed E-state index contributed by atoms with van der Waals surface area (Å²) < 4.78 is 0. The minimum atomic E-state index is -0.846. The number of benzene rings is 1. The van der Waals surface area contributed by atoms with E-state index in [1.165, 1.54) is 0 Å². The number of nitrogens with one attached hydrogen (secondary N) is 2. The van der Waals surface area contributed by atoms with Gasteiger partial charge in [0.15, 0.2) is 0 Å². The number of carbonyl (C=O) groups is 2. The first-order chi connectivity index (χ1) is 11.0. The fourth-order valence-electron chi connectivity index (χ4n) is 2.61. The molecule has 0 aromatic heterocycles. The highest BCUT2D eigenvalue weighted by molar-refractivity contribution is 6.07. The Morgan fingerprint density at radius 3 is 2.39 bits per heavy atom. The van der Waals surface area contributed by atoms with Gasteiger partial charge in [0.05, 0.1) is 6.04 Å². The van der Waals surface area contributed by atoms with Gasteiger partial charge in [-0.3, -0.25) is 9.59 Å². The third-order valence-corrected chi connectivity index (χ3v) is 4.33. The van der Waals surface area contributed by atoms with Crippen molar-refractivity contribution in [3.8, 4) is 0 Å². The van der Waals surface area contributed by atoms with Crippen LogP contribution in [0.3, 0.4) is 0 Å². The summed E-state index contributed by atoms with van der Waals surface area (Å²) in [5.74, 6) is -0.284.